The van der Waals surface area contributed by atoms with E-state index in [0.717, 1.165) is 11.3 Å². The molecule has 0 bridgehead atoms. The quantitative estimate of drug-likeness (QED) is 0.845. The first-order valence-corrected chi connectivity index (χ1v) is 8.58. The van der Waals surface area contributed by atoms with Crippen LogP contribution in [0.15, 0.2) is 42.5 Å². The van der Waals surface area contributed by atoms with Crippen LogP contribution in [0.1, 0.15) is 11.7 Å². The van der Waals surface area contributed by atoms with Gasteiger partial charge in [-0.3, -0.25) is 0 Å². The number of benzene rings is 2. The van der Waals surface area contributed by atoms with Crippen LogP contribution in [0, 0.1) is 0 Å². The van der Waals surface area contributed by atoms with Gasteiger partial charge < -0.3 is 19.7 Å². The Bertz CT molecular complexity index is 732. The SMILES string of the molecule is COc1ccc(NC(=O)N2CCO[C@H](c3cc(Cl)cc(Cl)c3)C2)cc1. The molecular weight excluding hydrogens is 363 g/mol. The van der Waals surface area contributed by atoms with Crippen molar-refractivity contribution in [3.8, 4) is 5.75 Å². The van der Waals surface area contributed by atoms with Gasteiger partial charge in [-0.15, -0.1) is 0 Å². The number of rotatable bonds is 3. The Labute approximate surface area is 156 Å². The number of urea groups is 1. The van der Waals surface area contributed by atoms with Crippen molar-refractivity contribution in [1.82, 2.24) is 4.90 Å². The first-order valence-electron chi connectivity index (χ1n) is 7.83. The number of carbonyl (C=O) groups is 1. The fourth-order valence-electron chi connectivity index (χ4n) is 2.67. The fraction of sp³-hybridized carbons (Fsp3) is 0.278. The molecule has 0 aliphatic carbocycles. The predicted octanol–water partition coefficient (Wildman–Crippen LogP) is 4.61. The van der Waals surface area contributed by atoms with Crippen LogP contribution in [-0.2, 0) is 4.74 Å². The molecule has 0 aromatic heterocycles. The maximum Gasteiger partial charge on any atom is 0.322 e. The van der Waals surface area contributed by atoms with Crippen molar-refractivity contribution in [2.24, 2.45) is 0 Å². The van der Waals surface area contributed by atoms with E-state index in [1.807, 2.05) is 12.1 Å². The van der Waals surface area contributed by atoms with E-state index in [1.54, 1.807) is 42.3 Å². The predicted molar refractivity (Wildman–Crippen MR) is 98.7 cm³/mol. The molecule has 5 nitrogen and oxygen atoms in total. The maximum atomic E-state index is 12.5. The van der Waals surface area contributed by atoms with Gasteiger partial charge in [-0.1, -0.05) is 23.2 Å². The second-order valence-electron chi connectivity index (χ2n) is 5.67. The molecule has 2 amide bonds. The number of hydrogen-bond acceptors (Lipinski definition) is 3. The number of morpholine rings is 1. The molecule has 2 aromatic carbocycles. The third-order valence-corrected chi connectivity index (χ3v) is 4.39. The number of hydrogen-bond donors (Lipinski definition) is 1. The van der Waals surface area contributed by atoms with E-state index in [9.17, 15) is 4.79 Å². The Kier molecular flexibility index (Phi) is 5.68. The number of halogens is 2. The lowest BCUT2D eigenvalue weighted by Crippen LogP contribution is -2.44. The molecule has 1 heterocycles. The Balaban J connectivity index is 1.66. The standard InChI is InChI=1S/C18H18Cl2N2O3/c1-24-16-4-2-15(3-5-16)21-18(23)22-6-7-25-17(11-22)12-8-13(19)10-14(20)9-12/h2-5,8-10,17H,6-7,11H2,1H3,(H,21,23)/t17-/m0/s1. The minimum Gasteiger partial charge on any atom is -0.497 e. The van der Waals surface area contributed by atoms with Gasteiger partial charge in [-0.25, -0.2) is 4.79 Å². The van der Waals surface area contributed by atoms with Crippen LogP contribution in [0.3, 0.4) is 0 Å². The summed E-state index contributed by atoms with van der Waals surface area (Å²) in [5, 5.41) is 3.98. The van der Waals surface area contributed by atoms with Gasteiger partial charge in [-0.05, 0) is 48.0 Å². The second kappa shape index (κ2) is 7.95. The van der Waals surface area contributed by atoms with Crippen molar-refractivity contribution in [3.63, 3.8) is 0 Å². The molecule has 2 aromatic rings. The molecule has 0 saturated carbocycles. The van der Waals surface area contributed by atoms with Crippen LogP contribution >= 0.6 is 23.2 Å². The lowest BCUT2D eigenvalue weighted by Gasteiger charge is -2.33. The number of anilines is 1. The van der Waals surface area contributed by atoms with Gasteiger partial charge in [0.15, 0.2) is 0 Å². The minimum atomic E-state index is -0.258. The second-order valence-corrected chi connectivity index (χ2v) is 6.54. The molecule has 1 N–H and O–H groups in total. The Morgan fingerprint density at radius 2 is 1.88 bits per heavy atom. The first kappa shape index (κ1) is 17.9. The van der Waals surface area contributed by atoms with Gasteiger partial charge in [0.05, 0.1) is 20.3 Å². The molecule has 0 radical (unpaired) electrons. The molecule has 1 aliphatic heterocycles. The number of methoxy groups -OCH3 is 1. The van der Waals surface area contributed by atoms with E-state index in [2.05, 4.69) is 5.32 Å². The van der Waals surface area contributed by atoms with E-state index in [0.29, 0.717) is 35.4 Å². The summed E-state index contributed by atoms with van der Waals surface area (Å²) < 4.78 is 10.9. The number of nitrogens with one attached hydrogen (secondary N) is 1. The Morgan fingerprint density at radius 1 is 1.20 bits per heavy atom. The fourth-order valence-corrected chi connectivity index (χ4v) is 3.22. The molecule has 1 atom stereocenters. The molecule has 3 rings (SSSR count). The summed E-state index contributed by atoms with van der Waals surface area (Å²) in [5.74, 6) is 0.738. The zero-order chi connectivity index (χ0) is 17.8. The largest absolute Gasteiger partial charge is 0.497 e. The van der Waals surface area contributed by atoms with Crippen molar-refractivity contribution in [2.45, 2.75) is 6.10 Å². The zero-order valence-electron chi connectivity index (χ0n) is 13.7. The van der Waals surface area contributed by atoms with Crippen LogP contribution < -0.4 is 10.1 Å². The molecular formula is C18H18Cl2N2O3. The average molecular weight is 381 g/mol. The summed E-state index contributed by atoms with van der Waals surface area (Å²) in [6, 6.07) is 12.3. The molecule has 7 heteroatoms. The summed E-state index contributed by atoms with van der Waals surface area (Å²) in [6.07, 6.45) is -0.258. The number of nitrogens with zero attached hydrogens (tertiary/aromatic N) is 1. The molecule has 0 spiro atoms. The van der Waals surface area contributed by atoms with Crippen molar-refractivity contribution in [3.05, 3.63) is 58.1 Å². The van der Waals surface area contributed by atoms with E-state index >= 15 is 0 Å². The zero-order valence-corrected chi connectivity index (χ0v) is 15.2. The lowest BCUT2D eigenvalue weighted by molar-refractivity contribution is -0.0134. The van der Waals surface area contributed by atoms with Crippen LogP contribution in [0.5, 0.6) is 5.75 Å². The molecule has 132 valence electrons. The van der Waals surface area contributed by atoms with E-state index in [-0.39, 0.29) is 12.1 Å². The highest BCUT2D eigenvalue weighted by atomic mass is 35.5. The van der Waals surface area contributed by atoms with Gasteiger partial charge in [0, 0.05) is 22.3 Å². The summed E-state index contributed by atoms with van der Waals surface area (Å²) >= 11 is 12.1. The van der Waals surface area contributed by atoms with Gasteiger partial charge in [-0.2, -0.15) is 0 Å². The average Bonchev–Trinajstić information content (AvgIpc) is 2.61. The normalized spacial score (nSPS) is 17.2. The highest BCUT2D eigenvalue weighted by Crippen LogP contribution is 2.28. The summed E-state index contributed by atoms with van der Waals surface area (Å²) in [5.41, 5.74) is 1.57. The van der Waals surface area contributed by atoms with Crippen LogP contribution in [-0.4, -0.2) is 37.7 Å². The smallest absolute Gasteiger partial charge is 0.322 e. The Morgan fingerprint density at radius 3 is 2.52 bits per heavy atom. The molecule has 25 heavy (non-hydrogen) atoms. The first-order chi connectivity index (χ1) is 12.0. The van der Waals surface area contributed by atoms with E-state index < -0.39 is 0 Å². The molecule has 1 aliphatic rings. The van der Waals surface area contributed by atoms with Crippen LogP contribution in [0.2, 0.25) is 10.0 Å². The van der Waals surface area contributed by atoms with Crippen molar-refractivity contribution in [1.29, 1.82) is 0 Å². The molecule has 1 fully saturated rings. The van der Waals surface area contributed by atoms with Crippen molar-refractivity contribution < 1.29 is 14.3 Å². The van der Waals surface area contributed by atoms with E-state index in [1.165, 1.54) is 0 Å². The number of amides is 2. The topological polar surface area (TPSA) is 50.8 Å². The van der Waals surface area contributed by atoms with Crippen LogP contribution in [0.25, 0.3) is 0 Å². The highest BCUT2D eigenvalue weighted by Gasteiger charge is 2.26. The monoisotopic (exact) mass is 380 g/mol. The van der Waals surface area contributed by atoms with Crippen molar-refractivity contribution >= 4 is 34.9 Å². The lowest BCUT2D eigenvalue weighted by atomic mass is 10.1. The minimum absolute atomic E-state index is 0.174. The maximum absolute atomic E-state index is 12.5. The third-order valence-electron chi connectivity index (χ3n) is 3.95. The van der Waals surface area contributed by atoms with Crippen LogP contribution in [0.4, 0.5) is 10.5 Å². The van der Waals surface area contributed by atoms with Crippen molar-refractivity contribution in [2.75, 3.05) is 32.1 Å². The number of carbonyl (C=O) groups excluding carboxylic acids is 1. The van der Waals surface area contributed by atoms with Gasteiger partial charge in [0.2, 0.25) is 0 Å². The number of ether oxygens (including phenoxy) is 2. The Hall–Kier alpha value is -1.95. The summed E-state index contributed by atoms with van der Waals surface area (Å²) in [7, 11) is 1.60. The summed E-state index contributed by atoms with van der Waals surface area (Å²) in [4.78, 5) is 14.2. The highest BCUT2D eigenvalue weighted by molar-refractivity contribution is 6.34. The van der Waals surface area contributed by atoms with Gasteiger partial charge >= 0.3 is 6.03 Å². The van der Waals surface area contributed by atoms with Gasteiger partial charge in [0.1, 0.15) is 11.9 Å². The third kappa shape index (κ3) is 4.57. The molecule has 0 unspecified atom stereocenters. The molecule has 1 saturated heterocycles. The summed E-state index contributed by atoms with van der Waals surface area (Å²) in [6.45, 7) is 1.40. The van der Waals surface area contributed by atoms with E-state index in [4.69, 9.17) is 32.7 Å². The van der Waals surface area contributed by atoms with Gasteiger partial charge in [0.25, 0.3) is 0 Å².